The second-order valence-corrected chi connectivity index (χ2v) is 7.76. The van der Waals surface area contributed by atoms with E-state index in [1.165, 1.54) is 17.7 Å². The molecule has 1 amide bonds. The molecule has 26 heavy (non-hydrogen) atoms. The summed E-state index contributed by atoms with van der Waals surface area (Å²) in [4.78, 5) is 12.5. The van der Waals surface area contributed by atoms with Gasteiger partial charge in [-0.25, -0.2) is 9.82 Å². The fraction of sp³-hybridized carbons (Fsp3) is 0.421. The quantitative estimate of drug-likeness (QED) is 0.569. The molecule has 0 spiro atoms. The first-order valence-electron chi connectivity index (χ1n) is 8.81. The van der Waals surface area contributed by atoms with E-state index in [-0.39, 0.29) is 29.2 Å². The van der Waals surface area contributed by atoms with Crippen molar-refractivity contribution >= 4 is 18.5 Å². The van der Waals surface area contributed by atoms with E-state index in [4.69, 9.17) is 4.65 Å². The summed E-state index contributed by atoms with van der Waals surface area (Å²) in [7, 11) is -1.13. The van der Waals surface area contributed by atoms with Gasteiger partial charge in [-0.05, 0) is 29.8 Å². The maximum atomic E-state index is 14.6. The molecule has 1 aromatic rings. The highest BCUT2D eigenvalue weighted by molar-refractivity contribution is 6.61. The van der Waals surface area contributed by atoms with Gasteiger partial charge in [0.05, 0.1) is 18.2 Å². The van der Waals surface area contributed by atoms with Crippen LogP contribution in [0.25, 0.3) is 0 Å². The zero-order valence-electron chi connectivity index (χ0n) is 15.3. The molecule has 7 heteroatoms. The molecule has 1 heterocycles. The molecule has 0 bridgehead atoms. The highest BCUT2D eigenvalue weighted by Crippen LogP contribution is 2.29. The first-order chi connectivity index (χ1) is 12.3. The minimum Gasteiger partial charge on any atom is -0.423 e. The van der Waals surface area contributed by atoms with Crippen LogP contribution >= 0.6 is 0 Å². The number of carbonyl (C=O) groups excluding carboxylic acids is 1. The van der Waals surface area contributed by atoms with Crippen LogP contribution in [0, 0.1) is 11.2 Å². The molecule has 1 aliphatic carbocycles. The summed E-state index contributed by atoms with van der Waals surface area (Å²) >= 11 is 0. The van der Waals surface area contributed by atoms with E-state index in [1.807, 2.05) is 6.08 Å². The number of carbonyl (C=O) groups is 1. The van der Waals surface area contributed by atoms with Crippen LogP contribution in [0.4, 0.5) is 4.39 Å². The Kier molecular flexibility index (Phi) is 5.32. The van der Waals surface area contributed by atoms with E-state index in [0.717, 1.165) is 12.8 Å². The molecule has 3 N–H and O–H groups in total. The van der Waals surface area contributed by atoms with E-state index in [2.05, 4.69) is 43.8 Å². The molecular formula is C19H24BFN2O3. The van der Waals surface area contributed by atoms with Crippen LogP contribution in [-0.2, 0) is 11.3 Å². The predicted octanol–water partition coefficient (Wildman–Crippen LogP) is 1.97. The molecule has 0 saturated carbocycles. The standard InChI is InChI=1S/C19H24BFN2O3/c1-19(2,3)17(12-7-5-4-6-8-12)22-23-18(24)13-9-10-15-14(16(13)21)11-26-20(15)25/h4-5,7,9-10,17,22,25H,6,8,11H2,1-3H3,(H,23,24). The lowest BCUT2D eigenvalue weighted by molar-refractivity contribution is 0.0910. The van der Waals surface area contributed by atoms with Gasteiger partial charge in [0.15, 0.2) is 0 Å². The van der Waals surface area contributed by atoms with E-state index in [1.54, 1.807) is 0 Å². The van der Waals surface area contributed by atoms with Gasteiger partial charge in [-0.2, -0.15) is 0 Å². The third kappa shape index (κ3) is 3.75. The molecule has 138 valence electrons. The normalized spacial score (nSPS) is 17.7. The Bertz CT molecular complexity index is 771. The van der Waals surface area contributed by atoms with Crippen molar-refractivity contribution in [3.8, 4) is 0 Å². The van der Waals surface area contributed by atoms with Crippen LogP contribution in [0.2, 0.25) is 0 Å². The fourth-order valence-electron chi connectivity index (χ4n) is 3.37. The van der Waals surface area contributed by atoms with Crippen LogP contribution in [-0.4, -0.2) is 24.1 Å². The molecule has 0 fully saturated rings. The monoisotopic (exact) mass is 358 g/mol. The van der Waals surface area contributed by atoms with Gasteiger partial charge in [-0.15, -0.1) is 0 Å². The lowest BCUT2D eigenvalue weighted by Gasteiger charge is -2.34. The number of fused-ring (bicyclic) bond motifs is 1. The lowest BCUT2D eigenvalue weighted by Crippen LogP contribution is -2.51. The summed E-state index contributed by atoms with van der Waals surface area (Å²) < 4.78 is 19.6. The van der Waals surface area contributed by atoms with E-state index >= 15 is 0 Å². The van der Waals surface area contributed by atoms with Crippen LogP contribution in [0.3, 0.4) is 0 Å². The molecule has 1 aromatic carbocycles. The number of nitrogens with one attached hydrogen (secondary N) is 2. The molecule has 0 aromatic heterocycles. The minimum atomic E-state index is -1.13. The van der Waals surface area contributed by atoms with Gasteiger partial charge in [0.1, 0.15) is 5.82 Å². The van der Waals surface area contributed by atoms with Crippen molar-refractivity contribution in [2.24, 2.45) is 5.41 Å². The van der Waals surface area contributed by atoms with Gasteiger partial charge >= 0.3 is 7.12 Å². The summed E-state index contributed by atoms with van der Waals surface area (Å²) in [5.41, 5.74) is 7.34. The van der Waals surface area contributed by atoms with Crippen molar-refractivity contribution < 1.29 is 18.9 Å². The molecule has 0 saturated heterocycles. The molecule has 2 aliphatic rings. The number of hydrogen-bond donors (Lipinski definition) is 3. The zero-order chi connectivity index (χ0) is 18.9. The van der Waals surface area contributed by atoms with Gasteiger partial charge in [0.25, 0.3) is 5.91 Å². The summed E-state index contributed by atoms with van der Waals surface area (Å²) in [5, 5.41) is 9.63. The van der Waals surface area contributed by atoms with Gasteiger partial charge in [-0.1, -0.05) is 50.6 Å². The van der Waals surface area contributed by atoms with Crippen LogP contribution in [0.15, 0.2) is 35.9 Å². The number of rotatable bonds is 4. The molecular weight excluding hydrogens is 334 g/mol. The van der Waals surface area contributed by atoms with Gasteiger partial charge < -0.3 is 9.68 Å². The maximum absolute atomic E-state index is 14.6. The summed E-state index contributed by atoms with van der Waals surface area (Å²) in [6, 6.07) is 2.83. The smallest absolute Gasteiger partial charge is 0.423 e. The van der Waals surface area contributed by atoms with Crippen molar-refractivity contribution in [3.05, 3.63) is 52.9 Å². The Morgan fingerprint density at radius 2 is 2.15 bits per heavy atom. The number of allylic oxidation sites excluding steroid dienone is 3. The third-order valence-corrected chi connectivity index (χ3v) is 4.79. The number of hydrazine groups is 1. The summed E-state index contributed by atoms with van der Waals surface area (Å²) in [6.45, 7) is 6.22. The minimum absolute atomic E-state index is 0.0410. The number of benzene rings is 1. The van der Waals surface area contributed by atoms with Crippen molar-refractivity contribution in [1.29, 1.82) is 0 Å². The van der Waals surface area contributed by atoms with Gasteiger partial charge in [-0.3, -0.25) is 10.2 Å². The topological polar surface area (TPSA) is 70.6 Å². The van der Waals surface area contributed by atoms with E-state index in [0.29, 0.717) is 5.46 Å². The Balaban J connectivity index is 1.75. The Hall–Kier alpha value is -1.96. The predicted molar refractivity (Wildman–Crippen MR) is 99.1 cm³/mol. The largest absolute Gasteiger partial charge is 0.491 e. The average molecular weight is 358 g/mol. The average Bonchev–Trinajstić information content (AvgIpc) is 2.97. The van der Waals surface area contributed by atoms with Crippen LogP contribution in [0.5, 0.6) is 0 Å². The van der Waals surface area contributed by atoms with Crippen LogP contribution in [0.1, 0.15) is 49.5 Å². The number of hydrogen-bond acceptors (Lipinski definition) is 4. The van der Waals surface area contributed by atoms with E-state index < -0.39 is 18.8 Å². The summed E-state index contributed by atoms with van der Waals surface area (Å²) in [6.07, 6.45) is 8.08. The molecule has 1 unspecified atom stereocenters. The van der Waals surface area contributed by atoms with Gasteiger partial charge in [0.2, 0.25) is 0 Å². The SMILES string of the molecule is CC(C)(C)C(NNC(=O)c1ccc2c(c1F)COB2O)C1=CC=CCC1. The molecule has 0 radical (unpaired) electrons. The van der Waals surface area contributed by atoms with Crippen molar-refractivity contribution in [3.63, 3.8) is 0 Å². The second-order valence-electron chi connectivity index (χ2n) is 7.76. The molecule has 1 aliphatic heterocycles. The highest BCUT2D eigenvalue weighted by atomic mass is 19.1. The highest BCUT2D eigenvalue weighted by Gasteiger charge is 2.32. The number of amides is 1. The second kappa shape index (κ2) is 7.35. The molecule has 1 atom stereocenters. The van der Waals surface area contributed by atoms with Crippen molar-refractivity contribution in [1.82, 2.24) is 10.9 Å². The zero-order valence-corrected chi connectivity index (χ0v) is 15.3. The van der Waals surface area contributed by atoms with Crippen LogP contribution < -0.4 is 16.3 Å². The number of halogens is 1. The fourth-order valence-corrected chi connectivity index (χ4v) is 3.37. The van der Waals surface area contributed by atoms with Crippen molar-refractivity contribution in [2.75, 3.05) is 0 Å². The third-order valence-electron chi connectivity index (χ3n) is 4.79. The first-order valence-corrected chi connectivity index (χ1v) is 8.81. The Morgan fingerprint density at radius 1 is 1.38 bits per heavy atom. The molecule has 5 nitrogen and oxygen atoms in total. The Morgan fingerprint density at radius 3 is 2.81 bits per heavy atom. The first kappa shape index (κ1) is 18.8. The lowest BCUT2D eigenvalue weighted by atomic mass is 9.79. The van der Waals surface area contributed by atoms with E-state index in [9.17, 15) is 14.2 Å². The van der Waals surface area contributed by atoms with Gasteiger partial charge in [0, 0.05) is 5.56 Å². The van der Waals surface area contributed by atoms with Crippen molar-refractivity contribution in [2.45, 2.75) is 46.3 Å². The summed E-state index contributed by atoms with van der Waals surface area (Å²) in [5.74, 6) is -1.20. The Labute approximate surface area is 153 Å². The maximum Gasteiger partial charge on any atom is 0.491 e. The molecule has 3 rings (SSSR count).